The molecule has 2 aromatic rings. The van der Waals surface area contributed by atoms with E-state index in [-0.39, 0.29) is 12.2 Å². The second-order valence-electron chi connectivity index (χ2n) is 5.87. The first-order chi connectivity index (χ1) is 12.1. The molecule has 1 aliphatic heterocycles. The second kappa shape index (κ2) is 7.87. The van der Waals surface area contributed by atoms with Gasteiger partial charge in [-0.05, 0) is 12.0 Å². The van der Waals surface area contributed by atoms with Gasteiger partial charge in [0.2, 0.25) is 0 Å². The highest BCUT2D eigenvalue weighted by molar-refractivity contribution is 7.87. The Balaban J connectivity index is 1.81. The van der Waals surface area contributed by atoms with Crippen molar-refractivity contribution in [3.8, 4) is 0 Å². The lowest BCUT2D eigenvalue weighted by Crippen LogP contribution is -2.54. The molecule has 3 rings (SSSR count). The van der Waals surface area contributed by atoms with E-state index in [9.17, 15) is 13.2 Å². The van der Waals surface area contributed by atoms with Gasteiger partial charge in [0.25, 0.3) is 10.2 Å². The molecular formula is C16H21N5O3S. The summed E-state index contributed by atoms with van der Waals surface area (Å²) in [6, 6.07) is 8.45. The summed E-state index contributed by atoms with van der Waals surface area (Å²) < 4.78 is 29.3. The largest absolute Gasteiger partial charge is 0.314 e. The molecule has 0 aliphatic carbocycles. The highest BCUT2D eigenvalue weighted by Crippen LogP contribution is 2.11. The summed E-state index contributed by atoms with van der Waals surface area (Å²) >= 11 is 0. The number of benzene rings is 1. The Labute approximate surface area is 146 Å². The molecule has 0 spiro atoms. The third-order valence-corrected chi connectivity index (χ3v) is 5.72. The summed E-state index contributed by atoms with van der Waals surface area (Å²) in [6.07, 6.45) is 3.15. The standard InChI is InChI=1S/C16H21N5O3S/c22-16(14-11-18-19-12-14)15(10-13-4-2-1-3-5-13)20-25(23,24)21-8-6-17-7-9-21/h1-5,11-12,15,17,20H,6-10H2,(H,18,19)/t15-/m0/s1. The van der Waals surface area contributed by atoms with Gasteiger partial charge in [0.05, 0.1) is 17.8 Å². The predicted octanol–water partition coefficient (Wildman–Crippen LogP) is -0.0567. The number of aromatic nitrogens is 2. The van der Waals surface area contributed by atoms with Crippen LogP contribution in [0.15, 0.2) is 42.7 Å². The van der Waals surface area contributed by atoms with E-state index < -0.39 is 16.3 Å². The minimum Gasteiger partial charge on any atom is -0.314 e. The average Bonchev–Trinajstić information content (AvgIpc) is 3.17. The zero-order valence-corrected chi connectivity index (χ0v) is 14.5. The molecule has 0 bridgehead atoms. The van der Waals surface area contributed by atoms with Gasteiger partial charge in [-0.2, -0.15) is 22.5 Å². The van der Waals surface area contributed by atoms with E-state index in [4.69, 9.17) is 0 Å². The average molecular weight is 363 g/mol. The van der Waals surface area contributed by atoms with Crippen LogP contribution in [0.2, 0.25) is 0 Å². The molecule has 9 heteroatoms. The number of carbonyl (C=O) groups excluding carboxylic acids is 1. The quantitative estimate of drug-likeness (QED) is 0.598. The van der Waals surface area contributed by atoms with Crippen LogP contribution in [0.3, 0.4) is 0 Å². The van der Waals surface area contributed by atoms with Gasteiger partial charge in [-0.15, -0.1) is 0 Å². The van der Waals surface area contributed by atoms with Gasteiger partial charge < -0.3 is 5.32 Å². The van der Waals surface area contributed by atoms with Gasteiger partial charge in [-0.3, -0.25) is 9.89 Å². The Kier molecular flexibility index (Phi) is 5.59. The lowest BCUT2D eigenvalue weighted by Gasteiger charge is -2.28. The van der Waals surface area contributed by atoms with Crippen molar-refractivity contribution in [1.29, 1.82) is 0 Å². The van der Waals surface area contributed by atoms with Gasteiger partial charge in [0.15, 0.2) is 5.78 Å². The molecule has 1 atom stereocenters. The lowest BCUT2D eigenvalue weighted by molar-refractivity contribution is 0.0952. The summed E-state index contributed by atoms with van der Waals surface area (Å²) in [5, 5.41) is 9.48. The molecule has 1 fully saturated rings. The number of hydrogen-bond acceptors (Lipinski definition) is 5. The fourth-order valence-corrected chi connectivity index (χ4v) is 4.13. The Hall–Kier alpha value is -2.07. The van der Waals surface area contributed by atoms with Crippen LogP contribution in [0.4, 0.5) is 0 Å². The molecule has 25 heavy (non-hydrogen) atoms. The molecule has 2 heterocycles. The zero-order valence-electron chi connectivity index (χ0n) is 13.7. The molecule has 3 N–H and O–H groups in total. The van der Waals surface area contributed by atoms with Crippen LogP contribution >= 0.6 is 0 Å². The van der Waals surface area contributed by atoms with Crippen molar-refractivity contribution in [3.05, 3.63) is 53.9 Å². The number of piperazine rings is 1. The number of carbonyl (C=O) groups is 1. The van der Waals surface area contributed by atoms with Crippen molar-refractivity contribution >= 4 is 16.0 Å². The maximum Gasteiger partial charge on any atom is 0.280 e. The minimum atomic E-state index is -3.75. The maximum atomic E-state index is 12.8. The van der Waals surface area contributed by atoms with Gasteiger partial charge in [0, 0.05) is 32.4 Å². The van der Waals surface area contributed by atoms with Crippen LogP contribution in [0, 0.1) is 0 Å². The first-order valence-corrected chi connectivity index (χ1v) is 9.55. The van der Waals surface area contributed by atoms with Crippen molar-refractivity contribution in [2.45, 2.75) is 12.5 Å². The zero-order chi connectivity index (χ0) is 17.7. The Morgan fingerprint density at radius 2 is 1.96 bits per heavy atom. The van der Waals surface area contributed by atoms with E-state index in [2.05, 4.69) is 20.2 Å². The van der Waals surface area contributed by atoms with E-state index in [0.717, 1.165) is 5.56 Å². The number of hydrogen-bond donors (Lipinski definition) is 3. The van der Waals surface area contributed by atoms with Crippen LogP contribution in [-0.2, 0) is 16.6 Å². The molecule has 0 saturated carbocycles. The fraction of sp³-hybridized carbons (Fsp3) is 0.375. The van der Waals surface area contributed by atoms with E-state index >= 15 is 0 Å². The Morgan fingerprint density at radius 1 is 1.24 bits per heavy atom. The number of nitrogens with zero attached hydrogens (tertiary/aromatic N) is 2. The normalized spacial score (nSPS) is 17.3. The molecule has 134 valence electrons. The van der Waals surface area contributed by atoms with Crippen LogP contribution in [-0.4, -0.2) is 60.9 Å². The van der Waals surface area contributed by atoms with Crippen LogP contribution in [0.1, 0.15) is 15.9 Å². The molecule has 1 saturated heterocycles. The van der Waals surface area contributed by atoms with E-state index in [1.807, 2.05) is 30.3 Å². The van der Waals surface area contributed by atoms with Crippen molar-refractivity contribution < 1.29 is 13.2 Å². The SMILES string of the molecule is O=C(c1cn[nH]c1)[C@H](Cc1ccccc1)NS(=O)(=O)N1CCNCC1. The Morgan fingerprint density at radius 3 is 2.60 bits per heavy atom. The van der Waals surface area contributed by atoms with Crippen LogP contribution < -0.4 is 10.0 Å². The topological polar surface area (TPSA) is 107 Å². The molecule has 1 aromatic carbocycles. The van der Waals surface area contributed by atoms with Gasteiger partial charge in [-0.1, -0.05) is 30.3 Å². The summed E-state index contributed by atoms with van der Waals surface area (Å²) in [5.41, 5.74) is 1.23. The molecule has 0 amide bonds. The highest BCUT2D eigenvalue weighted by Gasteiger charge is 2.30. The molecule has 1 aromatic heterocycles. The van der Waals surface area contributed by atoms with Crippen molar-refractivity contribution in [1.82, 2.24) is 24.5 Å². The number of nitrogens with one attached hydrogen (secondary N) is 3. The summed E-state index contributed by atoms with van der Waals surface area (Å²) in [7, 11) is -3.75. The minimum absolute atomic E-state index is 0.274. The van der Waals surface area contributed by atoms with Crippen molar-refractivity contribution in [2.24, 2.45) is 0 Å². The van der Waals surface area contributed by atoms with E-state index in [0.29, 0.717) is 31.7 Å². The van der Waals surface area contributed by atoms with Crippen LogP contribution in [0.5, 0.6) is 0 Å². The van der Waals surface area contributed by atoms with Crippen molar-refractivity contribution in [3.63, 3.8) is 0 Å². The summed E-state index contributed by atoms with van der Waals surface area (Å²) in [4.78, 5) is 12.8. The first kappa shape index (κ1) is 17.7. The van der Waals surface area contributed by atoms with Gasteiger partial charge in [-0.25, -0.2) is 0 Å². The number of H-pyrrole nitrogens is 1. The maximum absolute atomic E-state index is 12.8. The molecule has 0 radical (unpaired) electrons. The third-order valence-electron chi connectivity index (χ3n) is 4.09. The molecule has 8 nitrogen and oxygen atoms in total. The molecule has 0 unspecified atom stereocenters. The number of aromatic amines is 1. The van der Waals surface area contributed by atoms with Gasteiger partial charge >= 0.3 is 0 Å². The third kappa shape index (κ3) is 4.51. The predicted molar refractivity (Wildman–Crippen MR) is 93.4 cm³/mol. The lowest BCUT2D eigenvalue weighted by atomic mass is 10.0. The van der Waals surface area contributed by atoms with E-state index in [1.54, 1.807) is 0 Å². The summed E-state index contributed by atoms with van der Waals surface area (Å²) in [5.74, 6) is -0.309. The summed E-state index contributed by atoms with van der Waals surface area (Å²) in [6.45, 7) is 1.96. The van der Waals surface area contributed by atoms with Crippen molar-refractivity contribution in [2.75, 3.05) is 26.2 Å². The van der Waals surface area contributed by atoms with E-state index in [1.165, 1.54) is 16.7 Å². The fourth-order valence-electron chi connectivity index (χ4n) is 2.76. The number of ketones is 1. The van der Waals surface area contributed by atoms with Gasteiger partial charge in [0.1, 0.15) is 0 Å². The molecular weight excluding hydrogens is 342 g/mol. The monoisotopic (exact) mass is 363 g/mol. The second-order valence-corrected chi connectivity index (χ2v) is 7.57. The highest BCUT2D eigenvalue weighted by atomic mass is 32.2. The molecule has 1 aliphatic rings. The number of Topliss-reactive ketones (excluding diaryl/α,β-unsaturated/α-hetero) is 1. The van der Waals surface area contributed by atoms with Crippen LogP contribution in [0.25, 0.3) is 0 Å². The number of rotatable bonds is 7. The smallest absolute Gasteiger partial charge is 0.280 e. The first-order valence-electron chi connectivity index (χ1n) is 8.11. The Bertz CT molecular complexity index is 786.